The number of nitrogens with zero attached hydrogens (tertiary/aromatic N) is 4. The second-order valence-corrected chi connectivity index (χ2v) is 6.88. The van der Waals surface area contributed by atoms with Crippen LogP contribution in [0.3, 0.4) is 0 Å². The van der Waals surface area contributed by atoms with Crippen LogP contribution < -0.4 is 10.2 Å². The Balaban J connectivity index is 0.00000364. The summed E-state index contributed by atoms with van der Waals surface area (Å²) in [7, 11) is 3.81. The van der Waals surface area contributed by atoms with Crippen LogP contribution in [-0.2, 0) is 6.54 Å². The Labute approximate surface area is 181 Å². The van der Waals surface area contributed by atoms with Crippen LogP contribution in [0.5, 0.6) is 0 Å². The number of nitrogens with one attached hydrogen (secondary N) is 1. The molecule has 0 radical (unpaired) electrons. The number of piperazine rings is 1. The number of anilines is 1. The van der Waals surface area contributed by atoms with Crippen LogP contribution in [-0.4, -0.2) is 69.1 Å². The molecule has 1 aromatic rings. The highest BCUT2D eigenvalue weighted by Crippen LogP contribution is 2.22. The van der Waals surface area contributed by atoms with E-state index in [4.69, 9.17) is 0 Å². The maximum absolute atomic E-state index is 14.6. The SMILES string of the molecule is CCCCN(C)C(=NC)NCc1ccc(N2CCN(CC)CC2)c(F)c1.I. The topological polar surface area (TPSA) is 34.1 Å². The fourth-order valence-electron chi connectivity index (χ4n) is 3.29. The molecule has 1 heterocycles. The van der Waals surface area contributed by atoms with E-state index in [2.05, 4.69) is 38.9 Å². The van der Waals surface area contributed by atoms with Crippen molar-refractivity contribution in [2.75, 3.05) is 58.3 Å². The minimum absolute atomic E-state index is 0. The molecule has 0 saturated carbocycles. The van der Waals surface area contributed by atoms with Crippen molar-refractivity contribution in [2.45, 2.75) is 33.2 Å². The van der Waals surface area contributed by atoms with Gasteiger partial charge in [0.1, 0.15) is 5.82 Å². The van der Waals surface area contributed by atoms with Gasteiger partial charge >= 0.3 is 0 Å². The molecule has 0 atom stereocenters. The maximum atomic E-state index is 14.6. The quantitative estimate of drug-likeness (QED) is 0.360. The number of likely N-dealkylation sites (N-methyl/N-ethyl adjacent to an activating group) is 1. The van der Waals surface area contributed by atoms with E-state index >= 15 is 0 Å². The Hall–Kier alpha value is -1.09. The number of aliphatic imine (C=N–C) groups is 1. The summed E-state index contributed by atoms with van der Waals surface area (Å²) in [4.78, 5) is 11.0. The fraction of sp³-hybridized carbons (Fsp3) is 0.650. The molecule has 0 aliphatic carbocycles. The molecular weight excluding hydrogens is 456 g/mol. The first kappa shape index (κ1) is 23.9. The van der Waals surface area contributed by atoms with Crippen LogP contribution in [0.1, 0.15) is 32.3 Å². The Morgan fingerprint density at radius 1 is 1.22 bits per heavy atom. The van der Waals surface area contributed by atoms with E-state index < -0.39 is 0 Å². The predicted octanol–water partition coefficient (Wildman–Crippen LogP) is 3.39. The molecule has 1 aromatic carbocycles. The zero-order valence-corrected chi connectivity index (χ0v) is 19.5. The van der Waals surface area contributed by atoms with Crippen LogP contribution in [0.15, 0.2) is 23.2 Å². The molecule has 1 aliphatic heterocycles. The second-order valence-electron chi connectivity index (χ2n) is 6.88. The van der Waals surface area contributed by atoms with Crippen LogP contribution in [0.25, 0.3) is 0 Å². The lowest BCUT2D eigenvalue weighted by Crippen LogP contribution is -2.46. The van der Waals surface area contributed by atoms with Crippen molar-refractivity contribution in [2.24, 2.45) is 4.99 Å². The molecule has 0 aromatic heterocycles. The number of unbranched alkanes of at least 4 members (excludes halogenated alkanes) is 1. The Kier molecular flexibility index (Phi) is 11.0. The lowest BCUT2D eigenvalue weighted by Gasteiger charge is -2.35. The third-order valence-corrected chi connectivity index (χ3v) is 5.04. The standard InChI is InChI=1S/C20H34FN5.HI/c1-5-7-10-24(4)20(22-3)23-16-17-8-9-19(18(21)15-17)26-13-11-25(6-2)12-14-26;/h8-9,15H,5-7,10-14,16H2,1-4H3,(H,22,23);1H. The van der Waals surface area contributed by atoms with Gasteiger partial charge in [-0.05, 0) is 30.7 Å². The van der Waals surface area contributed by atoms with Crippen molar-refractivity contribution in [3.63, 3.8) is 0 Å². The maximum Gasteiger partial charge on any atom is 0.193 e. The summed E-state index contributed by atoms with van der Waals surface area (Å²) in [5.41, 5.74) is 1.65. The normalized spacial score (nSPS) is 15.4. The van der Waals surface area contributed by atoms with Crippen LogP contribution >= 0.6 is 24.0 Å². The molecule has 7 heteroatoms. The average Bonchev–Trinajstić information content (AvgIpc) is 2.67. The van der Waals surface area contributed by atoms with Gasteiger partial charge in [-0.25, -0.2) is 4.39 Å². The summed E-state index contributed by atoms with van der Waals surface area (Å²) in [5.74, 6) is 0.710. The second kappa shape index (κ2) is 12.4. The van der Waals surface area contributed by atoms with Crippen molar-refractivity contribution in [3.8, 4) is 0 Å². The van der Waals surface area contributed by atoms with Gasteiger partial charge in [0.2, 0.25) is 0 Å². The molecule has 5 nitrogen and oxygen atoms in total. The van der Waals surface area contributed by atoms with Crippen molar-refractivity contribution in [3.05, 3.63) is 29.6 Å². The number of hydrogen-bond acceptors (Lipinski definition) is 3. The first-order chi connectivity index (χ1) is 12.6. The van der Waals surface area contributed by atoms with E-state index in [9.17, 15) is 4.39 Å². The van der Waals surface area contributed by atoms with Crippen LogP contribution in [0, 0.1) is 5.82 Å². The number of benzene rings is 1. The summed E-state index contributed by atoms with van der Waals surface area (Å²) in [6.45, 7) is 10.7. The number of hydrogen-bond donors (Lipinski definition) is 1. The molecular formula is C20H35FIN5. The van der Waals surface area contributed by atoms with Gasteiger partial charge in [-0.15, -0.1) is 24.0 Å². The lowest BCUT2D eigenvalue weighted by atomic mass is 10.1. The van der Waals surface area contributed by atoms with Gasteiger partial charge in [0.25, 0.3) is 0 Å². The minimum atomic E-state index is -0.136. The third-order valence-electron chi connectivity index (χ3n) is 5.04. The monoisotopic (exact) mass is 491 g/mol. The molecule has 0 spiro atoms. The molecule has 0 amide bonds. The molecule has 154 valence electrons. The summed E-state index contributed by atoms with van der Waals surface area (Å²) in [6.07, 6.45) is 2.28. The van der Waals surface area contributed by atoms with Crippen molar-refractivity contribution in [1.82, 2.24) is 15.1 Å². The number of halogens is 2. The first-order valence-corrected chi connectivity index (χ1v) is 9.76. The van der Waals surface area contributed by atoms with E-state index in [1.165, 1.54) is 0 Å². The molecule has 1 N–H and O–H groups in total. The molecule has 0 unspecified atom stereocenters. The molecule has 0 bridgehead atoms. The number of guanidine groups is 1. The van der Waals surface area contributed by atoms with E-state index in [-0.39, 0.29) is 29.8 Å². The summed E-state index contributed by atoms with van der Waals surface area (Å²) in [5, 5.41) is 3.32. The van der Waals surface area contributed by atoms with Gasteiger partial charge in [0.05, 0.1) is 5.69 Å². The van der Waals surface area contributed by atoms with Crippen molar-refractivity contribution in [1.29, 1.82) is 0 Å². The third kappa shape index (κ3) is 7.10. The first-order valence-electron chi connectivity index (χ1n) is 9.76. The van der Waals surface area contributed by atoms with E-state index in [1.807, 2.05) is 19.2 Å². The van der Waals surface area contributed by atoms with E-state index in [1.54, 1.807) is 13.1 Å². The molecule has 1 aliphatic rings. The van der Waals surface area contributed by atoms with Crippen LogP contribution in [0.4, 0.5) is 10.1 Å². The number of rotatable bonds is 7. The van der Waals surface area contributed by atoms with Gasteiger partial charge in [-0.1, -0.05) is 26.3 Å². The Bertz CT molecular complexity index is 588. The van der Waals surface area contributed by atoms with Gasteiger partial charge < -0.3 is 20.0 Å². The van der Waals surface area contributed by atoms with Gasteiger partial charge in [-0.3, -0.25) is 4.99 Å². The molecule has 1 saturated heterocycles. The highest BCUT2D eigenvalue weighted by atomic mass is 127. The van der Waals surface area contributed by atoms with Gasteiger partial charge in [0, 0.05) is 53.4 Å². The Morgan fingerprint density at radius 2 is 1.93 bits per heavy atom. The lowest BCUT2D eigenvalue weighted by molar-refractivity contribution is 0.270. The summed E-state index contributed by atoms with van der Waals surface area (Å²) < 4.78 is 14.6. The van der Waals surface area contributed by atoms with E-state index in [0.717, 1.165) is 63.6 Å². The highest BCUT2D eigenvalue weighted by Gasteiger charge is 2.18. The zero-order chi connectivity index (χ0) is 18.9. The predicted molar refractivity (Wildman–Crippen MR) is 124 cm³/mol. The van der Waals surface area contributed by atoms with Crippen LogP contribution in [0.2, 0.25) is 0 Å². The zero-order valence-electron chi connectivity index (χ0n) is 17.2. The molecule has 1 fully saturated rings. The smallest absolute Gasteiger partial charge is 0.193 e. The minimum Gasteiger partial charge on any atom is -0.367 e. The molecule has 27 heavy (non-hydrogen) atoms. The Morgan fingerprint density at radius 3 is 2.48 bits per heavy atom. The highest BCUT2D eigenvalue weighted by molar-refractivity contribution is 14.0. The summed E-state index contributed by atoms with van der Waals surface area (Å²) >= 11 is 0. The summed E-state index contributed by atoms with van der Waals surface area (Å²) in [6, 6.07) is 5.57. The average molecular weight is 491 g/mol. The van der Waals surface area contributed by atoms with Crippen molar-refractivity contribution < 1.29 is 4.39 Å². The largest absolute Gasteiger partial charge is 0.367 e. The van der Waals surface area contributed by atoms with E-state index in [0.29, 0.717) is 12.2 Å². The fourth-order valence-corrected chi connectivity index (χ4v) is 3.29. The van der Waals surface area contributed by atoms with Gasteiger partial charge in [-0.2, -0.15) is 0 Å². The van der Waals surface area contributed by atoms with Gasteiger partial charge in [0.15, 0.2) is 5.96 Å². The van der Waals surface area contributed by atoms with Crippen molar-refractivity contribution >= 4 is 35.6 Å². The molecule has 2 rings (SSSR count).